The average molecular weight is 367 g/mol. The molecule has 0 bridgehead atoms. The zero-order valence-corrected chi connectivity index (χ0v) is 14.7. The summed E-state index contributed by atoms with van der Waals surface area (Å²) in [5, 5.41) is 0. The number of morpholine rings is 1. The van der Waals surface area contributed by atoms with Gasteiger partial charge in [0.25, 0.3) is 5.91 Å². The van der Waals surface area contributed by atoms with Crippen LogP contribution in [0.5, 0.6) is 0 Å². The van der Waals surface area contributed by atoms with Crippen LogP contribution < -0.4 is 0 Å². The molecule has 0 radical (unpaired) electrons. The van der Waals surface area contributed by atoms with Crippen molar-refractivity contribution in [2.75, 3.05) is 52.5 Å². The Morgan fingerprint density at radius 2 is 1.56 bits per heavy atom. The number of nitrogens with zero attached hydrogens (tertiary/aromatic N) is 3. The zero-order chi connectivity index (χ0) is 17.9. The zero-order valence-electron chi connectivity index (χ0n) is 13.8. The van der Waals surface area contributed by atoms with Crippen LogP contribution >= 0.6 is 0 Å². The maximum absolute atomic E-state index is 12.6. The largest absolute Gasteiger partial charge is 0.379 e. The second-order valence-corrected chi connectivity index (χ2v) is 7.91. The van der Waals surface area contributed by atoms with E-state index in [1.54, 1.807) is 21.9 Å². The van der Waals surface area contributed by atoms with E-state index in [1.165, 1.54) is 16.4 Å². The molecule has 2 aliphatic heterocycles. The number of carbonyl (C=O) groups excluding carboxylic acids is 2. The molecule has 2 aliphatic rings. The van der Waals surface area contributed by atoms with Crippen molar-refractivity contribution in [3.05, 3.63) is 29.8 Å². The van der Waals surface area contributed by atoms with E-state index in [-0.39, 0.29) is 10.8 Å². The van der Waals surface area contributed by atoms with Crippen LogP contribution in [-0.4, -0.2) is 87.3 Å². The standard InChI is InChI=1S/C16H21N3O5S/c20-13-17-5-7-18(8-6-17)16(21)14-1-3-15(4-2-14)25(22,23)19-9-11-24-12-10-19/h1-4,13H,5-12H2. The number of hydrogen-bond donors (Lipinski definition) is 0. The molecule has 1 aromatic carbocycles. The van der Waals surface area contributed by atoms with Gasteiger partial charge in [-0.25, -0.2) is 8.42 Å². The summed E-state index contributed by atoms with van der Waals surface area (Å²) in [5.74, 6) is -0.152. The maximum Gasteiger partial charge on any atom is 0.253 e. The average Bonchev–Trinajstić information content (AvgIpc) is 2.68. The van der Waals surface area contributed by atoms with Gasteiger partial charge in [0.15, 0.2) is 0 Å². The highest BCUT2D eigenvalue weighted by molar-refractivity contribution is 7.89. The molecule has 8 nitrogen and oxygen atoms in total. The Labute approximate surface area is 147 Å². The predicted molar refractivity (Wildman–Crippen MR) is 89.6 cm³/mol. The normalized spacial score (nSPS) is 19.7. The van der Waals surface area contributed by atoms with Crippen molar-refractivity contribution >= 4 is 22.3 Å². The van der Waals surface area contributed by atoms with Crippen molar-refractivity contribution in [1.29, 1.82) is 0 Å². The smallest absolute Gasteiger partial charge is 0.253 e. The van der Waals surface area contributed by atoms with Crippen molar-refractivity contribution in [3.63, 3.8) is 0 Å². The maximum atomic E-state index is 12.6. The van der Waals surface area contributed by atoms with Gasteiger partial charge in [-0.15, -0.1) is 0 Å². The first-order valence-electron chi connectivity index (χ1n) is 8.19. The minimum Gasteiger partial charge on any atom is -0.379 e. The van der Waals surface area contributed by atoms with E-state index in [9.17, 15) is 18.0 Å². The molecule has 0 saturated carbocycles. The number of hydrogen-bond acceptors (Lipinski definition) is 5. The van der Waals surface area contributed by atoms with Gasteiger partial charge in [-0.1, -0.05) is 0 Å². The molecule has 2 heterocycles. The van der Waals surface area contributed by atoms with Crippen LogP contribution in [0.2, 0.25) is 0 Å². The Bertz CT molecular complexity index is 721. The SMILES string of the molecule is O=CN1CCN(C(=O)c2ccc(S(=O)(=O)N3CCOCC3)cc2)CC1. The lowest BCUT2D eigenvalue weighted by Gasteiger charge is -2.32. The minimum absolute atomic E-state index is 0.152. The van der Waals surface area contributed by atoms with Crippen molar-refractivity contribution in [2.24, 2.45) is 0 Å². The summed E-state index contributed by atoms with van der Waals surface area (Å²) in [7, 11) is -3.56. The van der Waals surface area contributed by atoms with E-state index in [1.807, 2.05) is 0 Å². The Kier molecular flexibility index (Phi) is 5.36. The minimum atomic E-state index is -3.56. The molecule has 1 aromatic rings. The Balaban J connectivity index is 1.69. The highest BCUT2D eigenvalue weighted by Crippen LogP contribution is 2.18. The fourth-order valence-corrected chi connectivity index (χ4v) is 4.33. The lowest BCUT2D eigenvalue weighted by Crippen LogP contribution is -2.48. The number of benzene rings is 1. The van der Waals surface area contributed by atoms with Gasteiger partial charge in [-0.05, 0) is 24.3 Å². The van der Waals surface area contributed by atoms with Gasteiger partial charge in [0, 0.05) is 44.8 Å². The summed E-state index contributed by atoms with van der Waals surface area (Å²) in [6, 6.07) is 6.03. The molecule has 25 heavy (non-hydrogen) atoms. The quantitative estimate of drug-likeness (QED) is 0.677. The first kappa shape index (κ1) is 17.8. The highest BCUT2D eigenvalue weighted by atomic mass is 32.2. The number of rotatable bonds is 4. The van der Waals surface area contributed by atoms with Crippen LogP contribution in [0.15, 0.2) is 29.2 Å². The lowest BCUT2D eigenvalue weighted by molar-refractivity contribution is -0.119. The highest BCUT2D eigenvalue weighted by Gasteiger charge is 2.27. The van der Waals surface area contributed by atoms with Crippen LogP contribution in [0.25, 0.3) is 0 Å². The van der Waals surface area contributed by atoms with Crippen molar-refractivity contribution in [3.8, 4) is 0 Å². The summed E-state index contributed by atoms with van der Waals surface area (Å²) in [6.45, 7) is 3.44. The molecule has 0 N–H and O–H groups in total. The summed E-state index contributed by atoms with van der Waals surface area (Å²) >= 11 is 0. The van der Waals surface area contributed by atoms with Gasteiger partial charge in [0.1, 0.15) is 0 Å². The van der Waals surface area contributed by atoms with Gasteiger partial charge in [0.05, 0.1) is 18.1 Å². The molecule has 0 unspecified atom stereocenters. The Hall–Kier alpha value is -1.97. The fraction of sp³-hybridized carbons (Fsp3) is 0.500. The van der Waals surface area contributed by atoms with Gasteiger partial charge in [0.2, 0.25) is 16.4 Å². The third-order valence-electron chi connectivity index (χ3n) is 4.46. The summed E-state index contributed by atoms with van der Waals surface area (Å²) in [4.78, 5) is 26.7. The van der Waals surface area contributed by atoms with Crippen LogP contribution in [-0.2, 0) is 19.6 Å². The van der Waals surface area contributed by atoms with Crippen LogP contribution in [0, 0.1) is 0 Å². The molecule has 0 aromatic heterocycles. The fourth-order valence-electron chi connectivity index (χ4n) is 2.92. The second-order valence-electron chi connectivity index (χ2n) is 5.97. The number of piperazine rings is 1. The number of ether oxygens (including phenoxy) is 1. The Morgan fingerprint density at radius 1 is 0.960 bits per heavy atom. The van der Waals surface area contributed by atoms with Gasteiger partial charge in [-0.2, -0.15) is 4.31 Å². The molecule has 2 fully saturated rings. The van der Waals surface area contributed by atoms with Crippen molar-refractivity contribution in [2.45, 2.75) is 4.90 Å². The van der Waals surface area contributed by atoms with Crippen molar-refractivity contribution < 1.29 is 22.7 Å². The van der Waals surface area contributed by atoms with Gasteiger partial charge < -0.3 is 14.5 Å². The van der Waals surface area contributed by atoms with E-state index in [4.69, 9.17) is 4.74 Å². The number of amides is 2. The van der Waals surface area contributed by atoms with Gasteiger partial charge >= 0.3 is 0 Å². The first-order valence-corrected chi connectivity index (χ1v) is 9.63. The summed E-state index contributed by atoms with van der Waals surface area (Å²) < 4.78 is 31.7. The lowest BCUT2D eigenvalue weighted by atomic mass is 10.2. The summed E-state index contributed by atoms with van der Waals surface area (Å²) in [5.41, 5.74) is 0.445. The molecule has 2 amide bonds. The van der Waals surface area contributed by atoms with E-state index in [0.29, 0.717) is 58.0 Å². The van der Waals surface area contributed by atoms with Crippen LogP contribution in [0.4, 0.5) is 0 Å². The van der Waals surface area contributed by atoms with Gasteiger partial charge in [-0.3, -0.25) is 9.59 Å². The van der Waals surface area contributed by atoms with E-state index >= 15 is 0 Å². The van der Waals surface area contributed by atoms with E-state index < -0.39 is 10.0 Å². The van der Waals surface area contributed by atoms with Crippen molar-refractivity contribution in [1.82, 2.24) is 14.1 Å². The second kappa shape index (κ2) is 7.51. The topological polar surface area (TPSA) is 87.2 Å². The molecule has 3 rings (SSSR count). The molecule has 9 heteroatoms. The molecule has 136 valence electrons. The first-order chi connectivity index (χ1) is 12.0. The molecule has 0 atom stereocenters. The van der Waals surface area contributed by atoms with E-state index in [2.05, 4.69) is 0 Å². The molecule has 0 aliphatic carbocycles. The third kappa shape index (κ3) is 3.83. The van der Waals surface area contributed by atoms with Crippen LogP contribution in [0.3, 0.4) is 0 Å². The summed E-state index contributed by atoms with van der Waals surface area (Å²) in [6.07, 6.45) is 0.785. The third-order valence-corrected chi connectivity index (χ3v) is 6.37. The number of sulfonamides is 1. The molecular weight excluding hydrogens is 346 g/mol. The molecular formula is C16H21N3O5S. The number of carbonyl (C=O) groups is 2. The monoisotopic (exact) mass is 367 g/mol. The molecule has 2 saturated heterocycles. The molecule has 0 spiro atoms. The van der Waals surface area contributed by atoms with Crippen LogP contribution in [0.1, 0.15) is 10.4 Å². The Morgan fingerprint density at radius 3 is 2.12 bits per heavy atom. The predicted octanol–water partition coefficient (Wildman–Crippen LogP) is -0.378. The van der Waals surface area contributed by atoms with E-state index in [0.717, 1.165) is 6.41 Å².